The minimum atomic E-state index is 0.525. The summed E-state index contributed by atoms with van der Waals surface area (Å²) < 4.78 is 11.0. The van der Waals surface area contributed by atoms with Gasteiger partial charge >= 0.3 is 0 Å². The van der Waals surface area contributed by atoms with Gasteiger partial charge in [-0.2, -0.15) is 5.26 Å². The number of rotatable bonds is 12. The summed E-state index contributed by atoms with van der Waals surface area (Å²) in [7, 11) is 0. The number of guanidine groups is 1. The lowest BCUT2D eigenvalue weighted by Gasteiger charge is -2.11. The number of hydrogen-bond donors (Lipinski definition) is 2. The number of ether oxygens (including phenoxy) is 2. The fraction of sp³-hybridized carbons (Fsp3) is 0.579. The van der Waals surface area contributed by atoms with Crippen molar-refractivity contribution in [3.8, 4) is 6.07 Å². The van der Waals surface area contributed by atoms with Gasteiger partial charge in [0.2, 0.25) is 0 Å². The third-order valence-electron chi connectivity index (χ3n) is 3.37. The third-order valence-corrected chi connectivity index (χ3v) is 3.37. The Labute approximate surface area is 151 Å². The topological polar surface area (TPSA) is 78.7 Å². The van der Waals surface area contributed by atoms with E-state index in [4.69, 9.17) is 14.7 Å². The molecule has 6 nitrogen and oxygen atoms in total. The second-order valence-electron chi connectivity index (χ2n) is 5.51. The Morgan fingerprint density at radius 3 is 2.64 bits per heavy atom. The van der Waals surface area contributed by atoms with E-state index < -0.39 is 0 Å². The molecule has 0 aliphatic rings. The first kappa shape index (κ1) is 20.9. The molecule has 0 fully saturated rings. The Morgan fingerprint density at radius 2 is 1.92 bits per heavy atom. The standard InChI is InChI=1S/C19H30N4O2/c1-3-5-10-24-12-13-25-11-9-22-19(21-4-2)23-16-18-8-6-7-17(14-18)15-20/h6-8,14H,3-5,9-13,16H2,1-2H3,(H2,21,22,23). The smallest absolute Gasteiger partial charge is 0.191 e. The molecule has 0 aliphatic heterocycles. The number of unbranched alkanes of at least 4 members (excludes halogenated alkanes) is 1. The van der Waals surface area contributed by atoms with E-state index in [9.17, 15) is 0 Å². The first-order valence-electron chi connectivity index (χ1n) is 8.96. The third kappa shape index (κ3) is 10.4. The fourth-order valence-corrected chi connectivity index (χ4v) is 2.06. The molecule has 1 rings (SSSR count). The van der Waals surface area contributed by atoms with Crippen LogP contribution in [0.25, 0.3) is 0 Å². The molecular weight excluding hydrogens is 316 g/mol. The highest BCUT2D eigenvalue weighted by atomic mass is 16.5. The maximum Gasteiger partial charge on any atom is 0.191 e. The number of nitrogens with zero attached hydrogens (tertiary/aromatic N) is 2. The maximum atomic E-state index is 8.94. The molecule has 0 aromatic heterocycles. The number of nitriles is 1. The van der Waals surface area contributed by atoms with E-state index in [1.54, 1.807) is 6.07 Å². The monoisotopic (exact) mass is 346 g/mol. The summed E-state index contributed by atoms with van der Waals surface area (Å²) in [5.41, 5.74) is 1.66. The lowest BCUT2D eigenvalue weighted by Crippen LogP contribution is -2.39. The summed E-state index contributed by atoms with van der Waals surface area (Å²) in [5, 5.41) is 15.4. The summed E-state index contributed by atoms with van der Waals surface area (Å²) in [5.74, 6) is 0.743. The first-order valence-corrected chi connectivity index (χ1v) is 8.96. The van der Waals surface area contributed by atoms with E-state index in [1.807, 2.05) is 25.1 Å². The van der Waals surface area contributed by atoms with Gasteiger partial charge in [-0.3, -0.25) is 0 Å². The molecule has 6 heteroatoms. The maximum absolute atomic E-state index is 8.94. The van der Waals surface area contributed by atoms with Crippen LogP contribution in [0.3, 0.4) is 0 Å². The van der Waals surface area contributed by atoms with Gasteiger partial charge in [0, 0.05) is 19.7 Å². The van der Waals surface area contributed by atoms with Crippen LogP contribution in [0.15, 0.2) is 29.3 Å². The Balaban J connectivity index is 2.25. The lowest BCUT2D eigenvalue weighted by molar-refractivity contribution is 0.0487. The normalized spacial score (nSPS) is 11.2. The molecule has 0 heterocycles. The highest BCUT2D eigenvalue weighted by molar-refractivity contribution is 5.79. The van der Waals surface area contributed by atoms with Crippen LogP contribution >= 0.6 is 0 Å². The molecule has 0 aliphatic carbocycles. The van der Waals surface area contributed by atoms with E-state index in [-0.39, 0.29) is 0 Å². The van der Waals surface area contributed by atoms with Crippen LogP contribution in [0.4, 0.5) is 0 Å². The van der Waals surface area contributed by atoms with Gasteiger partial charge in [-0.25, -0.2) is 4.99 Å². The van der Waals surface area contributed by atoms with E-state index in [0.29, 0.717) is 38.5 Å². The molecule has 0 spiro atoms. The van der Waals surface area contributed by atoms with Crippen LogP contribution < -0.4 is 10.6 Å². The fourth-order valence-electron chi connectivity index (χ4n) is 2.06. The largest absolute Gasteiger partial charge is 0.379 e. The van der Waals surface area contributed by atoms with Crippen molar-refractivity contribution in [2.45, 2.75) is 33.2 Å². The van der Waals surface area contributed by atoms with Crippen LogP contribution in [0.2, 0.25) is 0 Å². The van der Waals surface area contributed by atoms with E-state index in [0.717, 1.165) is 37.5 Å². The molecule has 1 aromatic rings. The number of aliphatic imine (C=N–C) groups is 1. The zero-order chi connectivity index (χ0) is 18.2. The second-order valence-corrected chi connectivity index (χ2v) is 5.51. The molecule has 0 saturated carbocycles. The van der Waals surface area contributed by atoms with Crippen LogP contribution in [0.5, 0.6) is 0 Å². The van der Waals surface area contributed by atoms with Crippen LogP contribution in [-0.2, 0) is 16.0 Å². The van der Waals surface area contributed by atoms with Gasteiger partial charge in [-0.1, -0.05) is 25.5 Å². The molecule has 0 unspecified atom stereocenters. The van der Waals surface area contributed by atoms with Crippen LogP contribution in [-0.4, -0.2) is 45.5 Å². The van der Waals surface area contributed by atoms with Gasteiger partial charge in [-0.05, 0) is 31.0 Å². The van der Waals surface area contributed by atoms with Crippen molar-refractivity contribution < 1.29 is 9.47 Å². The predicted molar refractivity (Wildman–Crippen MR) is 101 cm³/mol. The summed E-state index contributed by atoms with van der Waals surface area (Å²) in [6.07, 6.45) is 2.25. The van der Waals surface area contributed by atoms with Gasteiger partial charge < -0.3 is 20.1 Å². The Hall–Kier alpha value is -2.10. The predicted octanol–water partition coefficient (Wildman–Crippen LogP) is 2.45. The molecule has 0 bridgehead atoms. The van der Waals surface area contributed by atoms with Crippen molar-refractivity contribution in [2.24, 2.45) is 4.99 Å². The highest BCUT2D eigenvalue weighted by Gasteiger charge is 1.99. The van der Waals surface area contributed by atoms with Gasteiger partial charge in [0.1, 0.15) is 0 Å². The second kappa shape index (κ2) is 14.3. The quantitative estimate of drug-likeness (QED) is 0.345. The van der Waals surface area contributed by atoms with Gasteiger partial charge in [0.15, 0.2) is 5.96 Å². The summed E-state index contributed by atoms with van der Waals surface area (Å²) in [4.78, 5) is 4.53. The van der Waals surface area contributed by atoms with Crippen LogP contribution in [0.1, 0.15) is 37.8 Å². The average molecular weight is 346 g/mol. The number of hydrogen-bond acceptors (Lipinski definition) is 4. The summed E-state index contributed by atoms with van der Waals surface area (Å²) >= 11 is 0. The Bertz CT molecular complexity index is 540. The van der Waals surface area contributed by atoms with Crippen molar-refractivity contribution in [3.05, 3.63) is 35.4 Å². The van der Waals surface area contributed by atoms with Crippen molar-refractivity contribution in [2.75, 3.05) is 39.5 Å². The lowest BCUT2D eigenvalue weighted by atomic mass is 10.1. The molecule has 0 amide bonds. The van der Waals surface area contributed by atoms with Crippen LogP contribution in [0, 0.1) is 11.3 Å². The number of nitrogens with one attached hydrogen (secondary N) is 2. The zero-order valence-electron chi connectivity index (χ0n) is 15.4. The zero-order valence-corrected chi connectivity index (χ0v) is 15.4. The Kier molecular flexibility index (Phi) is 11.9. The average Bonchev–Trinajstić information content (AvgIpc) is 2.64. The minimum absolute atomic E-state index is 0.525. The molecule has 2 N–H and O–H groups in total. The molecule has 0 radical (unpaired) electrons. The minimum Gasteiger partial charge on any atom is -0.379 e. The van der Waals surface area contributed by atoms with Crippen molar-refractivity contribution in [3.63, 3.8) is 0 Å². The van der Waals surface area contributed by atoms with E-state index in [1.165, 1.54) is 0 Å². The molecule has 138 valence electrons. The van der Waals surface area contributed by atoms with Gasteiger partial charge in [0.05, 0.1) is 38.0 Å². The van der Waals surface area contributed by atoms with E-state index in [2.05, 4.69) is 28.6 Å². The molecule has 1 aromatic carbocycles. The summed E-state index contributed by atoms with van der Waals surface area (Å²) in [6.45, 7) is 8.83. The van der Waals surface area contributed by atoms with Gasteiger partial charge in [-0.15, -0.1) is 0 Å². The van der Waals surface area contributed by atoms with E-state index >= 15 is 0 Å². The number of benzene rings is 1. The molecule has 25 heavy (non-hydrogen) atoms. The Morgan fingerprint density at radius 1 is 1.12 bits per heavy atom. The van der Waals surface area contributed by atoms with Crippen molar-refractivity contribution in [1.82, 2.24) is 10.6 Å². The highest BCUT2D eigenvalue weighted by Crippen LogP contribution is 2.05. The first-order chi connectivity index (χ1) is 12.3. The van der Waals surface area contributed by atoms with Gasteiger partial charge in [0.25, 0.3) is 0 Å². The van der Waals surface area contributed by atoms with Crippen molar-refractivity contribution >= 4 is 5.96 Å². The molecule has 0 atom stereocenters. The summed E-state index contributed by atoms with van der Waals surface area (Å²) in [6, 6.07) is 9.63. The molecular formula is C19H30N4O2. The molecule has 0 saturated heterocycles. The van der Waals surface area contributed by atoms with Crippen molar-refractivity contribution in [1.29, 1.82) is 5.26 Å². The SMILES string of the molecule is CCCCOCCOCCNC(=NCc1cccc(C#N)c1)NCC.